The van der Waals surface area contributed by atoms with Crippen LogP contribution in [-0.4, -0.2) is 204 Å². The first-order chi connectivity index (χ1) is 31.8. The molecule has 65 heavy (non-hydrogen) atoms. The normalized spacial score (nSPS) is 12.0. The molecule has 0 fully saturated rings. The summed E-state index contributed by atoms with van der Waals surface area (Å²) < 4.78 is 117. The Balaban J connectivity index is 0.946. The number of hydrogen-bond donors (Lipinski definition) is 0. The molecule has 0 aliphatic carbocycles. The van der Waals surface area contributed by atoms with E-state index < -0.39 is 12.8 Å². The van der Waals surface area contributed by atoms with Crippen molar-refractivity contribution in [2.45, 2.75) is 6.18 Å². The van der Waals surface area contributed by atoms with Gasteiger partial charge in [0.25, 0.3) is 0 Å². The molecular weight excluding hydrogens is 865 g/mol. The Morgan fingerprint density at radius 3 is 1.17 bits per heavy atom. The van der Waals surface area contributed by atoms with Crippen LogP contribution in [0.4, 0.5) is 18.9 Å². The van der Waals surface area contributed by atoms with Gasteiger partial charge < -0.3 is 75.6 Å². The topological polar surface area (TPSA) is 158 Å². The Kier molecular flexibility index (Phi) is 32.3. The second kappa shape index (κ2) is 37.6. The third kappa shape index (κ3) is 31.2. The smallest absolute Gasteiger partial charge is 0.411 e. The minimum absolute atomic E-state index is 0.0767. The van der Waals surface area contributed by atoms with Crippen LogP contribution >= 0.6 is 0 Å². The Morgan fingerprint density at radius 2 is 0.815 bits per heavy atom. The van der Waals surface area contributed by atoms with Crippen molar-refractivity contribution in [3.63, 3.8) is 0 Å². The van der Waals surface area contributed by atoms with Crippen molar-refractivity contribution in [1.29, 1.82) is 0 Å². The van der Waals surface area contributed by atoms with Crippen molar-refractivity contribution in [1.82, 2.24) is 4.98 Å². The van der Waals surface area contributed by atoms with Crippen molar-refractivity contribution in [3.8, 4) is 5.75 Å². The van der Waals surface area contributed by atoms with E-state index >= 15 is 0 Å². The predicted molar refractivity (Wildman–Crippen MR) is 236 cm³/mol. The largest absolute Gasteiger partial charge is 0.491 e. The zero-order valence-electron chi connectivity index (χ0n) is 37.9. The van der Waals surface area contributed by atoms with Crippen LogP contribution in [0.25, 0.3) is 23.3 Å². The van der Waals surface area contributed by atoms with Gasteiger partial charge in [-0.05, 0) is 35.9 Å². The van der Waals surface area contributed by atoms with Crippen molar-refractivity contribution in [2.75, 3.05) is 197 Å². The number of rotatable bonds is 44. The molecule has 0 aliphatic rings. The first kappa shape index (κ1) is 55.8. The molecule has 0 atom stereocenters. The summed E-state index contributed by atoms with van der Waals surface area (Å²) in [7, 11) is 4.03. The molecule has 0 N–H and O–H groups in total. The Morgan fingerprint density at radius 1 is 0.462 bits per heavy atom. The number of halogens is 3. The van der Waals surface area contributed by atoms with E-state index in [0.29, 0.717) is 169 Å². The maximum Gasteiger partial charge on any atom is 0.411 e. The highest BCUT2D eigenvalue weighted by Gasteiger charge is 2.27. The first-order valence-corrected chi connectivity index (χ1v) is 21.9. The highest BCUT2D eigenvalue weighted by molar-refractivity contribution is 5.77. The van der Waals surface area contributed by atoms with Crippen LogP contribution in [0, 0.1) is 0 Å². The van der Waals surface area contributed by atoms with Crippen LogP contribution in [0.15, 0.2) is 46.9 Å². The summed E-state index contributed by atoms with van der Waals surface area (Å²) in [6, 6.07) is 13.8. The second-order valence-electron chi connectivity index (χ2n) is 13.9. The molecule has 1 aromatic heterocycles. The molecule has 0 amide bonds. The number of ether oxygens (including phenoxy) is 14. The molecule has 0 unspecified atom stereocenters. The molecule has 3 aromatic rings. The van der Waals surface area contributed by atoms with Gasteiger partial charge in [-0.25, -0.2) is 4.98 Å². The second-order valence-corrected chi connectivity index (χ2v) is 13.9. The number of nitrogens with zero attached hydrogens (tertiary/aromatic N) is 2. The molecule has 0 bridgehead atoms. The fourth-order valence-corrected chi connectivity index (χ4v) is 5.18. The van der Waals surface area contributed by atoms with E-state index in [1.165, 1.54) is 0 Å². The van der Waals surface area contributed by atoms with E-state index in [1.54, 1.807) is 0 Å². The predicted octanol–water partition coefficient (Wildman–Crippen LogP) is 5.22. The molecule has 0 aliphatic heterocycles. The third-order valence-electron chi connectivity index (χ3n) is 8.43. The monoisotopic (exact) mass is 934 g/mol. The minimum atomic E-state index is -4.32. The molecule has 2 aromatic carbocycles. The molecule has 17 nitrogen and oxygen atoms in total. The van der Waals surface area contributed by atoms with Crippen molar-refractivity contribution >= 4 is 28.9 Å². The minimum Gasteiger partial charge on any atom is -0.491 e. The summed E-state index contributed by atoms with van der Waals surface area (Å²) in [5, 5.41) is 0. The molecule has 0 saturated heterocycles. The number of hydrogen-bond acceptors (Lipinski definition) is 17. The van der Waals surface area contributed by atoms with Crippen LogP contribution in [0.2, 0.25) is 0 Å². The van der Waals surface area contributed by atoms with Crippen molar-refractivity contribution < 1.29 is 83.9 Å². The number of benzene rings is 2. The van der Waals surface area contributed by atoms with E-state index in [1.807, 2.05) is 44.4 Å². The molecule has 0 radical (unpaired) electrons. The summed E-state index contributed by atoms with van der Waals surface area (Å²) in [6.45, 7) is 9.14. The molecule has 0 saturated carbocycles. The Labute approximate surface area is 380 Å². The average molecular weight is 935 g/mol. The lowest BCUT2D eigenvalue weighted by Crippen LogP contribution is -2.19. The zero-order valence-corrected chi connectivity index (χ0v) is 37.9. The van der Waals surface area contributed by atoms with Crippen LogP contribution in [0.3, 0.4) is 0 Å². The van der Waals surface area contributed by atoms with E-state index in [-0.39, 0.29) is 19.8 Å². The van der Waals surface area contributed by atoms with E-state index in [4.69, 9.17) is 66.0 Å². The molecular formula is C45H69F3N2O15. The molecule has 20 heteroatoms. The average Bonchev–Trinajstić information content (AvgIpc) is 3.71. The van der Waals surface area contributed by atoms with Crippen LogP contribution in [0.5, 0.6) is 5.75 Å². The van der Waals surface area contributed by atoms with Gasteiger partial charge in [0, 0.05) is 31.9 Å². The molecule has 0 spiro atoms. The quantitative estimate of drug-likeness (QED) is 0.0679. The van der Waals surface area contributed by atoms with Gasteiger partial charge in [-0.15, -0.1) is 0 Å². The third-order valence-corrected chi connectivity index (χ3v) is 8.43. The van der Waals surface area contributed by atoms with Gasteiger partial charge in [-0.1, -0.05) is 12.1 Å². The van der Waals surface area contributed by atoms with Crippen LogP contribution < -0.4 is 9.64 Å². The number of alkyl halides is 3. The number of oxazole rings is 1. The highest BCUT2D eigenvalue weighted by Crippen LogP contribution is 2.23. The van der Waals surface area contributed by atoms with Gasteiger partial charge in [0.05, 0.1) is 165 Å². The maximum atomic E-state index is 11.9. The number of fused-ring (bicyclic) bond motifs is 1. The molecule has 3 rings (SSSR count). The van der Waals surface area contributed by atoms with Gasteiger partial charge in [-0.3, -0.25) is 0 Å². The van der Waals surface area contributed by atoms with Gasteiger partial charge in [0.2, 0.25) is 5.89 Å². The zero-order chi connectivity index (χ0) is 46.3. The Hall–Kier alpha value is -3.48. The lowest BCUT2D eigenvalue weighted by Gasteiger charge is -2.11. The molecule has 370 valence electrons. The number of aromatic nitrogens is 1. The summed E-state index contributed by atoms with van der Waals surface area (Å²) in [4.78, 5) is 6.59. The van der Waals surface area contributed by atoms with E-state index in [2.05, 4.69) is 38.9 Å². The summed E-state index contributed by atoms with van der Waals surface area (Å²) in [6.07, 6.45) is -0.494. The van der Waals surface area contributed by atoms with Gasteiger partial charge in [0.1, 0.15) is 24.5 Å². The Bertz CT molecular complexity index is 1580. The SMILES string of the molecule is CN(C)c1ccc(/C=C/c2nc3ccc(OCCOCCOCCOCCOCCOCCOCCOCCOCCOCCOCCOCCOCCOCC(F)(F)F)cc3o2)cc1. The first-order valence-electron chi connectivity index (χ1n) is 21.9. The summed E-state index contributed by atoms with van der Waals surface area (Å²) in [5.41, 5.74) is 3.63. The number of anilines is 1. The van der Waals surface area contributed by atoms with Crippen LogP contribution in [-0.2, 0) is 61.6 Å². The fraction of sp³-hybridized carbons (Fsp3) is 0.667. The highest BCUT2D eigenvalue weighted by atomic mass is 19.4. The maximum absolute atomic E-state index is 11.9. The van der Waals surface area contributed by atoms with E-state index in [0.717, 1.165) is 16.8 Å². The van der Waals surface area contributed by atoms with Crippen LogP contribution in [0.1, 0.15) is 11.5 Å². The summed E-state index contributed by atoms with van der Waals surface area (Å²) >= 11 is 0. The lowest BCUT2D eigenvalue weighted by molar-refractivity contribution is -0.176. The molecule has 1 heterocycles. The van der Waals surface area contributed by atoms with E-state index in [9.17, 15) is 13.2 Å². The fourth-order valence-electron chi connectivity index (χ4n) is 5.18. The summed E-state index contributed by atoms with van der Waals surface area (Å²) in [5.74, 6) is 1.22. The van der Waals surface area contributed by atoms with Crippen molar-refractivity contribution in [2.24, 2.45) is 0 Å². The van der Waals surface area contributed by atoms with Gasteiger partial charge >= 0.3 is 6.18 Å². The lowest BCUT2D eigenvalue weighted by atomic mass is 10.2. The van der Waals surface area contributed by atoms with Gasteiger partial charge in [-0.2, -0.15) is 13.2 Å². The van der Waals surface area contributed by atoms with Gasteiger partial charge in [0.15, 0.2) is 5.58 Å². The standard InChI is InChI=1S/C45H69F3N2O15/c1-50(2)40-6-3-39(4-7-40)5-10-44-49-42-9-8-41(37-43(42)65-44)64-36-35-62-32-31-60-28-27-58-24-23-56-20-19-54-16-15-52-12-11-51-13-14-53-17-18-55-21-22-57-25-26-59-29-30-61-33-34-63-38-45(46,47)48/h3-10,37H,11-36,38H2,1-2H3/b10-5+. The van der Waals surface area contributed by atoms with Crippen molar-refractivity contribution in [3.05, 3.63) is 53.9 Å².